The summed E-state index contributed by atoms with van der Waals surface area (Å²) in [7, 11) is 0. The summed E-state index contributed by atoms with van der Waals surface area (Å²) in [6.07, 6.45) is 3.17. The largest absolute Gasteiger partial charge is 0.342 e. The van der Waals surface area contributed by atoms with E-state index >= 15 is 0 Å². The van der Waals surface area contributed by atoms with Crippen molar-refractivity contribution >= 4 is 5.91 Å². The molecule has 1 fully saturated rings. The monoisotopic (exact) mass is 255 g/mol. The Kier molecular flexibility index (Phi) is 6.65. The normalized spacial score (nSPS) is 25.1. The average Bonchev–Trinajstić information content (AvgIpc) is 2.33. The standard InChI is InChI=1S/C14H29N3O/c1-4-7-17(8-5-2)14(18)11-16-9-6-12(3)13(15)10-16/h12-13H,4-11,15H2,1-3H3. The first kappa shape index (κ1) is 15.4. The van der Waals surface area contributed by atoms with Crippen molar-refractivity contribution < 1.29 is 4.79 Å². The Hall–Kier alpha value is -0.610. The van der Waals surface area contributed by atoms with Gasteiger partial charge in [-0.15, -0.1) is 0 Å². The third kappa shape index (κ3) is 4.58. The van der Waals surface area contributed by atoms with Gasteiger partial charge in [0.25, 0.3) is 0 Å². The lowest BCUT2D eigenvalue weighted by Crippen LogP contribution is -2.51. The third-order valence-electron chi connectivity index (χ3n) is 3.80. The zero-order valence-corrected chi connectivity index (χ0v) is 12.2. The summed E-state index contributed by atoms with van der Waals surface area (Å²) in [4.78, 5) is 16.4. The van der Waals surface area contributed by atoms with Gasteiger partial charge in [-0.05, 0) is 31.7 Å². The molecular formula is C14H29N3O. The predicted octanol–water partition coefficient (Wildman–Crippen LogP) is 1.30. The molecule has 2 atom stereocenters. The fourth-order valence-electron chi connectivity index (χ4n) is 2.51. The molecule has 1 saturated heterocycles. The Balaban J connectivity index is 2.42. The van der Waals surface area contributed by atoms with Crippen LogP contribution in [0.1, 0.15) is 40.0 Å². The van der Waals surface area contributed by atoms with Crippen LogP contribution in [0.3, 0.4) is 0 Å². The number of carbonyl (C=O) groups is 1. The number of amides is 1. The second-order valence-corrected chi connectivity index (χ2v) is 5.55. The van der Waals surface area contributed by atoms with E-state index in [0.717, 1.165) is 45.4 Å². The van der Waals surface area contributed by atoms with Crippen LogP contribution in [0.25, 0.3) is 0 Å². The lowest BCUT2D eigenvalue weighted by atomic mass is 9.94. The van der Waals surface area contributed by atoms with Gasteiger partial charge in [0.05, 0.1) is 6.54 Å². The van der Waals surface area contributed by atoms with E-state index in [-0.39, 0.29) is 11.9 Å². The van der Waals surface area contributed by atoms with E-state index in [1.54, 1.807) is 0 Å². The highest BCUT2D eigenvalue weighted by Crippen LogP contribution is 2.15. The van der Waals surface area contributed by atoms with Crippen LogP contribution >= 0.6 is 0 Å². The number of nitrogens with two attached hydrogens (primary N) is 1. The van der Waals surface area contributed by atoms with Crippen LogP contribution in [-0.2, 0) is 4.79 Å². The van der Waals surface area contributed by atoms with Crippen molar-refractivity contribution in [1.29, 1.82) is 0 Å². The number of hydrogen-bond donors (Lipinski definition) is 1. The molecule has 1 aliphatic rings. The maximum absolute atomic E-state index is 12.2. The zero-order chi connectivity index (χ0) is 13.5. The van der Waals surface area contributed by atoms with Crippen LogP contribution in [0.4, 0.5) is 0 Å². The lowest BCUT2D eigenvalue weighted by Gasteiger charge is -2.35. The second-order valence-electron chi connectivity index (χ2n) is 5.55. The molecule has 0 spiro atoms. The van der Waals surface area contributed by atoms with Gasteiger partial charge in [0.1, 0.15) is 0 Å². The van der Waals surface area contributed by atoms with E-state index in [2.05, 4.69) is 25.7 Å². The van der Waals surface area contributed by atoms with Crippen molar-refractivity contribution in [3.8, 4) is 0 Å². The molecule has 2 unspecified atom stereocenters. The van der Waals surface area contributed by atoms with Gasteiger partial charge in [0.2, 0.25) is 5.91 Å². The summed E-state index contributed by atoms with van der Waals surface area (Å²) in [5, 5.41) is 0. The molecule has 0 aromatic rings. The highest BCUT2D eigenvalue weighted by atomic mass is 16.2. The minimum atomic E-state index is 0.220. The maximum Gasteiger partial charge on any atom is 0.236 e. The molecule has 106 valence electrons. The van der Waals surface area contributed by atoms with Gasteiger partial charge in [-0.1, -0.05) is 20.8 Å². The Morgan fingerprint density at radius 1 is 1.33 bits per heavy atom. The average molecular weight is 255 g/mol. The van der Waals surface area contributed by atoms with Crippen LogP contribution in [0.15, 0.2) is 0 Å². The molecule has 0 saturated carbocycles. The maximum atomic E-state index is 12.2. The van der Waals surface area contributed by atoms with Gasteiger partial charge >= 0.3 is 0 Å². The minimum Gasteiger partial charge on any atom is -0.342 e. The second kappa shape index (κ2) is 7.74. The van der Waals surface area contributed by atoms with Crippen molar-refractivity contribution in [3.63, 3.8) is 0 Å². The molecule has 1 amide bonds. The van der Waals surface area contributed by atoms with E-state index in [1.807, 2.05) is 4.90 Å². The quantitative estimate of drug-likeness (QED) is 0.778. The summed E-state index contributed by atoms with van der Waals surface area (Å²) in [5.74, 6) is 0.846. The molecule has 0 aromatic heterocycles. The number of nitrogens with zero attached hydrogens (tertiary/aromatic N) is 2. The van der Waals surface area contributed by atoms with Crippen LogP contribution in [0, 0.1) is 5.92 Å². The fourth-order valence-corrected chi connectivity index (χ4v) is 2.51. The number of rotatable bonds is 6. The Labute approximate surface area is 111 Å². The van der Waals surface area contributed by atoms with Crippen molar-refractivity contribution in [2.75, 3.05) is 32.7 Å². The molecule has 1 aliphatic heterocycles. The van der Waals surface area contributed by atoms with Gasteiger partial charge in [-0.2, -0.15) is 0 Å². The molecule has 0 aliphatic carbocycles. The molecule has 18 heavy (non-hydrogen) atoms. The minimum absolute atomic E-state index is 0.220. The lowest BCUT2D eigenvalue weighted by molar-refractivity contribution is -0.132. The molecule has 0 aromatic carbocycles. The van der Waals surface area contributed by atoms with Crippen LogP contribution in [0.5, 0.6) is 0 Å². The molecule has 0 bridgehead atoms. The number of hydrogen-bond acceptors (Lipinski definition) is 3. The summed E-state index contributed by atoms with van der Waals surface area (Å²) in [5.41, 5.74) is 6.07. The molecule has 4 heteroatoms. The van der Waals surface area contributed by atoms with Crippen LogP contribution in [0.2, 0.25) is 0 Å². The molecule has 1 heterocycles. The van der Waals surface area contributed by atoms with Gasteiger partial charge in [-0.3, -0.25) is 9.69 Å². The van der Waals surface area contributed by atoms with E-state index in [9.17, 15) is 4.79 Å². The van der Waals surface area contributed by atoms with Gasteiger partial charge in [0, 0.05) is 25.7 Å². The van der Waals surface area contributed by atoms with E-state index in [1.165, 1.54) is 0 Å². The molecule has 2 N–H and O–H groups in total. The molecule has 0 radical (unpaired) electrons. The number of piperidine rings is 1. The summed E-state index contributed by atoms with van der Waals surface area (Å²) in [6, 6.07) is 0.220. The SMILES string of the molecule is CCCN(CCC)C(=O)CN1CCC(C)C(N)C1. The van der Waals surface area contributed by atoms with E-state index in [4.69, 9.17) is 5.73 Å². The Bertz CT molecular complexity index is 251. The van der Waals surface area contributed by atoms with Crippen molar-refractivity contribution in [2.24, 2.45) is 11.7 Å². The number of carbonyl (C=O) groups excluding carboxylic acids is 1. The highest BCUT2D eigenvalue weighted by Gasteiger charge is 2.25. The summed E-state index contributed by atoms with van der Waals surface area (Å²) >= 11 is 0. The van der Waals surface area contributed by atoms with Crippen molar-refractivity contribution in [2.45, 2.75) is 46.1 Å². The van der Waals surface area contributed by atoms with Crippen LogP contribution < -0.4 is 5.73 Å². The zero-order valence-electron chi connectivity index (χ0n) is 12.2. The Morgan fingerprint density at radius 2 is 1.94 bits per heavy atom. The smallest absolute Gasteiger partial charge is 0.236 e. The first-order valence-corrected chi connectivity index (χ1v) is 7.34. The predicted molar refractivity (Wildman–Crippen MR) is 75.4 cm³/mol. The molecular weight excluding hydrogens is 226 g/mol. The van der Waals surface area contributed by atoms with E-state index < -0.39 is 0 Å². The molecule has 1 rings (SSSR count). The fraction of sp³-hybridized carbons (Fsp3) is 0.929. The number of likely N-dealkylation sites (tertiary alicyclic amines) is 1. The Morgan fingerprint density at radius 3 is 2.44 bits per heavy atom. The summed E-state index contributed by atoms with van der Waals surface area (Å²) in [6.45, 7) is 10.6. The molecule has 4 nitrogen and oxygen atoms in total. The van der Waals surface area contributed by atoms with Crippen molar-refractivity contribution in [1.82, 2.24) is 9.80 Å². The summed E-state index contributed by atoms with van der Waals surface area (Å²) < 4.78 is 0. The highest BCUT2D eigenvalue weighted by molar-refractivity contribution is 5.78. The van der Waals surface area contributed by atoms with E-state index in [0.29, 0.717) is 12.5 Å². The van der Waals surface area contributed by atoms with Gasteiger partial charge < -0.3 is 10.6 Å². The first-order chi connectivity index (χ1) is 8.58. The first-order valence-electron chi connectivity index (χ1n) is 7.34. The van der Waals surface area contributed by atoms with Crippen molar-refractivity contribution in [3.05, 3.63) is 0 Å². The van der Waals surface area contributed by atoms with Gasteiger partial charge in [-0.25, -0.2) is 0 Å². The van der Waals surface area contributed by atoms with Crippen LogP contribution in [-0.4, -0.2) is 54.5 Å². The topological polar surface area (TPSA) is 49.6 Å². The van der Waals surface area contributed by atoms with Gasteiger partial charge in [0.15, 0.2) is 0 Å². The third-order valence-corrected chi connectivity index (χ3v) is 3.80.